The third-order valence-corrected chi connectivity index (χ3v) is 10.9. The van der Waals surface area contributed by atoms with Crippen molar-refractivity contribution in [2.45, 2.75) is 57.5 Å². The number of nitrogens with zero attached hydrogens (tertiary/aromatic N) is 1. The van der Waals surface area contributed by atoms with Crippen LogP contribution in [0.4, 0.5) is 0 Å². The molecule has 1 aliphatic rings. The molecule has 0 saturated carbocycles. The van der Waals surface area contributed by atoms with Crippen molar-refractivity contribution in [2.75, 3.05) is 25.7 Å². The fourth-order valence-electron chi connectivity index (χ4n) is 2.24. The van der Waals surface area contributed by atoms with Gasteiger partial charge in [0.1, 0.15) is 0 Å². The van der Waals surface area contributed by atoms with Gasteiger partial charge in [-0.1, -0.05) is 20.8 Å². The Labute approximate surface area is 141 Å². The van der Waals surface area contributed by atoms with Crippen LogP contribution in [0.5, 0.6) is 0 Å². The number of sulfonamides is 1. The summed E-state index contributed by atoms with van der Waals surface area (Å²) in [4.78, 5) is 0. The minimum atomic E-state index is -3.62. The standard InChI is InChI=1S/C13H29NO6S2Si/c1-13(2,3)23(6,7)19-10-11-8-12(20-22(5,17)18)9-14(11)21(4,15)16/h11-12H,8-10H2,1-7H3. The third-order valence-electron chi connectivity index (χ3n) is 4.51. The van der Waals surface area contributed by atoms with Gasteiger partial charge < -0.3 is 4.43 Å². The Morgan fingerprint density at radius 1 is 1.13 bits per heavy atom. The quantitative estimate of drug-likeness (QED) is 0.505. The first kappa shape index (κ1) is 21.0. The highest BCUT2D eigenvalue weighted by molar-refractivity contribution is 7.88. The van der Waals surface area contributed by atoms with Gasteiger partial charge in [0, 0.05) is 12.6 Å². The lowest BCUT2D eigenvalue weighted by atomic mass is 10.2. The maximum Gasteiger partial charge on any atom is 0.264 e. The van der Waals surface area contributed by atoms with Gasteiger partial charge in [-0.3, -0.25) is 4.18 Å². The fourth-order valence-corrected chi connectivity index (χ4v) is 5.04. The summed E-state index contributed by atoms with van der Waals surface area (Å²) in [5.41, 5.74) is 0. The number of hydrogen-bond donors (Lipinski definition) is 0. The highest BCUT2D eigenvalue weighted by atomic mass is 32.2. The van der Waals surface area contributed by atoms with Gasteiger partial charge in [0.05, 0.1) is 25.2 Å². The van der Waals surface area contributed by atoms with Gasteiger partial charge in [0.2, 0.25) is 10.0 Å². The Hall–Kier alpha value is -0.00312. The van der Waals surface area contributed by atoms with E-state index in [0.29, 0.717) is 6.42 Å². The van der Waals surface area contributed by atoms with Crippen molar-refractivity contribution in [2.24, 2.45) is 0 Å². The molecule has 0 amide bonds. The maximum atomic E-state index is 12.0. The Bertz CT molecular complexity index is 623. The van der Waals surface area contributed by atoms with E-state index in [-0.39, 0.29) is 18.2 Å². The smallest absolute Gasteiger partial charge is 0.264 e. The predicted octanol–water partition coefficient (Wildman–Crippen LogP) is 1.39. The van der Waals surface area contributed by atoms with Crippen LogP contribution in [0.2, 0.25) is 18.1 Å². The average molecular weight is 388 g/mol. The van der Waals surface area contributed by atoms with E-state index < -0.39 is 40.6 Å². The van der Waals surface area contributed by atoms with Crippen molar-refractivity contribution in [3.05, 3.63) is 0 Å². The highest BCUT2D eigenvalue weighted by Crippen LogP contribution is 2.37. The molecule has 1 heterocycles. The van der Waals surface area contributed by atoms with E-state index in [1.807, 2.05) is 0 Å². The van der Waals surface area contributed by atoms with Crippen LogP contribution in [-0.4, -0.2) is 67.3 Å². The average Bonchev–Trinajstić information content (AvgIpc) is 2.65. The zero-order chi connectivity index (χ0) is 18.3. The second kappa shape index (κ2) is 6.72. The molecule has 10 heteroatoms. The van der Waals surface area contributed by atoms with E-state index in [2.05, 4.69) is 33.9 Å². The van der Waals surface area contributed by atoms with E-state index in [4.69, 9.17) is 8.61 Å². The normalized spacial score (nSPS) is 25.0. The van der Waals surface area contributed by atoms with Crippen LogP contribution in [0, 0.1) is 0 Å². The largest absolute Gasteiger partial charge is 0.415 e. The van der Waals surface area contributed by atoms with Crippen molar-refractivity contribution >= 4 is 28.5 Å². The molecule has 0 radical (unpaired) electrons. The Kier molecular flexibility index (Phi) is 6.14. The second-order valence-electron chi connectivity index (χ2n) is 7.72. The topological polar surface area (TPSA) is 90.0 Å². The minimum Gasteiger partial charge on any atom is -0.415 e. The first-order valence-corrected chi connectivity index (χ1v) is 14.1. The molecule has 0 bridgehead atoms. The molecule has 1 saturated heterocycles. The lowest BCUT2D eigenvalue weighted by molar-refractivity contribution is 0.209. The summed E-state index contributed by atoms with van der Waals surface area (Å²) in [5, 5.41) is 0.0180. The molecule has 0 aromatic rings. The van der Waals surface area contributed by atoms with Crippen molar-refractivity contribution in [1.29, 1.82) is 0 Å². The maximum absolute atomic E-state index is 12.0. The van der Waals surface area contributed by atoms with E-state index in [1.54, 1.807) is 0 Å². The van der Waals surface area contributed by atoms with Crippen LogP contribution in [-0.2, 0) is 28.8 Å². The Balaban J connectivity index is 2.86. The van der Waals surface area contributed by atoms with E-state index in [1.165, 1.54) is 4.31 Å². The molecule has 0 aromatic heterocycles. The summed E-state index contributed by atoms with van der Waals surface area (Å²) in [6, 6.07) is -0.397. The SMILES string of the molecule is CC(C)(C)[Si](C)(C)OCC1CC(OS(C)(=O)=O)CN1S(C)(=O)=O. The molecular weight excluding hydrogens is 358 g/mol. The molecular formula is C13H29NO6S2Si. The molecule has 2 atom stereocenters. The van der Waals surface area contributed by atoms with Gasteiger partial charge in [-0.15, -0.1) is 0 Å². The lowest BCUT2D eigenvalue weighted by Crippen LogP contribution is -2.45. The second-order valence-corrected chi connectivity index (χ2v) is 16.1. The van der Waals surface area contributed by atoms with E-state index >= 15 is 0 Å². The molecule has 1 fully saturated rings. The Morgan fingerprint density at radius 3 is 2.04 bits per heavy atom. The van der Waals surface area contributed by atoms with Gasteiger partial charge in [-0.2, -0.15) is 12.7 Å². The van der Waals surface area contributed by atoms with Crippen molar-refractivity contribution in [3.63, 3.8) is 0 Å². The first-order valence-electron chi connectivity index (χ1n) is 7.52. The van der Waals surface area contributed by atoms with Crippen molar-refractivity contribution < 1.29 is 25.4 Å². The highest BCUT2D eigenvalue weighted by Gasteiger charge is 2.43. The van der Waals surface area contributed by atoms with Crippen LogP contribution in [0.15, 0.2) is 0 Å². The molecule has 2 unspecified atom stereocenters. The zero-order valence-corrected chi connectivity index (χ0v) is 17.6. The third kappa shape index (κ3) is 6.09. The lowest BCUT2D eigenvalue weighted by Gasteiger charge is -2.37. The molecule has 1 aliphatic heterocycles. The zero-order valence-electron chi connectivity index (χ0n) is 15.0. The molecule has 138 valence electrons. The van der Waals surface area contributed by atoms with Gasteiger partial charge in [0.15, 0.2) is 8.32 Å². The molecule has 0 aliphatic carbocycles. The van der Waals surface area contributed by atoms with E-state index in [0.717, 1.165) is 12.5 Å². The monoisotopic (exact) mass is 387 g/mol. The van der Waals surface area contributed by atoms with Crippen LogP contribution in [0.25, 0.3) is 0 Å². The Morgan fingerprint density at radius 2 is 1.65 bits per heavy atom. The summed E-state index contributed by atoms with van der Waals surface area (Å²) in [6.45, 7) is 10.8. The van der Waals surface area contributed by atoms with Gasteiger partial charge in [-0.25, -0.2) is 8.42 Å². The van der Waals surface area contributed by atoms with Crippen LogP contribution in [0.1, 0.15) is 27.2 Å². The van der Waals surface area contributed by atoms with Gasteiger partial charge >= 0.3 is 0 Å². The van der Waals surface area contributed by atoms with Crippen molar-refractivity contribution in [1.82, 2.24) is 4.31 Å². The van der Waals surface area contributed by atoms with Crippen LogP contribution in [0.3, 0.4) is 0 Å². The molecule has 0 spiro atoms. The molecule has 23 heavy (non-hydrogen) atoms. The van der Waals surface area contributed by atoms with Crippen LogP contribution < -0.4 is 0 Å². The van der Waals surface area contributed by atoms with Crippen molar-refractivity contribution in [3.8, 4) is 0 Å². The summed E-state index contributed by atoms with van der Waals surface area (Å²) in [6.07, 6.45) is 1.74. The van der Waals surface area contributed by atoms with Gasteiger partial charge in [-0.05, 0) is 24.6 Å². The first-order chi connectivity index (χ1) is 10.0. The van der Waals surface area contributed by atoms with Crippen LogP contribution >= 0.6 is 0 Å². The molecule has 0 aromatic carbocycles. The summed E-state index contributed by atoms with van der Waals surface area (Å²) >= 11 is 0. The number of rotatable bonds is 6. The van der Waals surface area contributed by atoms with E-state index in [9.17, 15) is 16.8 Å². The minimum absolute atomic E-state index is 0.0180. The molecule has 1 rings (SSSR count). The number of hydrogen-bond acceptors (Lipinski definition) is 6. The molecule has 0 N–H and O–H groups in total. The molecule has 7 nitrogen and oxygen atoms in total. The predicted molar refractivity (Wildman–Crippen MR) is 92.8 cm³/mol. The fraction of sp³-hybridized carbons (Fsp3) is 1.00. The summed E-state index contributed by atoms with van der Waals surface area (Å²) < 4.78 is 58.8. The summed E-state index contributed by atoms with van der Waals surface area (Å²) in [7, 11) is -9.08. The van der Waals surface area contributed by atoms with Gasteiger partial charge in [0.25, 0.3) is 10.1 Å². The summed E-state index contributed by atoms with van der Waals surface area (Å²) in [5.74, 6) is 0.